The van der Waals surface area contributed by atoms with E-state index in [2.05, 4.69) is 38.2 Å². The number of hydrogen-bond donors (Lipinski definition) is 0. The Labute approximate surface area is 302 Å². The summed E-state index contributed by atoms with van der Waals surface area (Å²) in [6.07, 6.45) is 2.62. The molecule has 0 unspecified atom stereocenters. The summed E-state index contributed by atoms with van der Waals surface area (Å²) in [5.41, 5.74) is 3.93. The summed E-state index contributed by atoms with van der Waals surface area (Å²) in [5.74, 6) is 4.11. The van der Waals surface area contributed by atoms with Crippen molar-refractivity contribution in [3.8, 4) is 62.8 Å². The number of ether oxygens (including phenoxy) is 5. The first kappa shape index (κ1) is 37.9. The Balaban J connectivity index is 1.83. The predicted molar refractivity (Wildman–Crippen MR) is 198 cm³/mol. The molecule has 0 saturated heterocycles. The van der Waals surface area contributed by atoms with Crippen LogP contribution in [0.1, 0.15) is 38.3 Å². The molecule has 52 heavy (non-hydrogen) atoms. The van der Waals surface area contributed by atoms with Crippen LogP contribution in [0, 0.1) is 11.8 Å². The molecule has 9 heteroatoms. The Morgan fingerprint density at radius 1 is 0.635 bits per heavy atom. The maximum absolute atomic E-state index is 12.7. The molecule has 0 radical (unpaired) electrons. The Kier molecular flexibility index (Phi) is 12.9. The van der Waals surface area contributed by atoms with Crippen LogP contribution in [0.15, 0.2) is 128 Å². The fraction of sp³-hybridized carbons (Fsp3) is 0.116. The second-order valence-electron chi connectivity index (χ2n) is 11.3. The fourth-order valence-corrected chi connectivity index (χ4v) is 4.45. The molecule has 0 N–H and O–H groups in total. The van der Waals surface area contributed by atoms with Crippen molar-refractivity contribution < 1.29 is 42.9 Å². The molecule has 0 spiro atoms. The molecule has 4 aromatic rings. The molecular formula is C43H36O9. The first-order valence-corrected chi connectivity index (χ1v) is 16.0. The van der Waals surface area contributed by atoms with E-state index in [4.69, 9.17) is 23.7 Å². The number of carbonyl (C=O) groups excluding carboxylic acids is 4. The highest BCUT2D eigenvalue weighted by atomic mass is 16.6. The Bertz CT molecular complexity index is 2110. The minimum Gasteiger partial charge on any atom is -0.489 e. The minimum absolute atomic E-state index is 0.0147. The van der Waals surface area contributed by atoms with Gasteiger partial charge in [-0.2, -0.15) is 0 Å². The van der Waals surface area contributed by atoms with Gasteiger partial charge in [0.2, 0.25) is 0 Å². The molecule has 0 aromatic heterocycles. The van der Waals surface area contributed by atoms with Crippen LogP contribution in [0.4, 0.5) is 0 Å². The van der Waals surface area contributed by atoms with Gasteiger partial charge in [0.1, 0.15) is 17.1 Å². The van der Waals surface area contributed by atoms with Crippen molar-refractivity contribution in [2.75, 3.05) is 6.61 Å². The van der Waals surface area contributed by atoms with Crippen LogP contribution in [0.25, 0.3) is 22.3 Å². The minimum atomic E-state index is -0.793. The number of esters is 4. The normalized spacial score (nSPS) is 10.1. The van der Waals surface area contributed by atoms with Gasteiger partial charge in [0, 0.05) is 34.4 Å². The zero-order valence-electron chi connectivity index (χ0n) is 29.1. The van der Waals surface area contributed by atoms with Crippen LogP contribution in [-0.4, -0.2) is 30.5 Å². The van der Waals surface area contributed by atoms with Crippen LogP contribution in [0.2, 0.25) is 0 Å². The van der Waals surface area contributed by atoms with E-state index in [1.54, 1.807) is 56.3 Å². The lowest BCUT2D eigenvalue weighted by Crippen LogP contribution is -2.11. The molecular weight excluding hydrogens is 660 g/mol. The van der Waals surface area contributed by atoms with Gasteiger partial charge in [-0.05, 0) is 79.4 Å². The molecule has 0 amide bonds. The van der Waals surface area contributed by atoms with E-state index in [0.717, 1.165) is 23.3 Å². The van der Waals surface area contributed by atoms with Crippen LogP contribution in [0.3, 0.4) is 0 Å². The van der Waals surface area contributed by atoms with Crippen molar-refractivity contribution in [2.45, 2.75) is 27.2 Å². The Morgan fingerprint density at radius 3 is 1.62 bits per heavy atom. The van der Waals surface area contributed by atoms with E-state index >= 15 is 0 Å². The second-order valence-corrected chi connectivity index (χ2v) is 11.3. The first-order valence-electron chi connectivity index (χ1n) is 16.0. The van der Waals surface area contributed by atoms with E-state index in [9.17, 15) is 19.2 Å². The third kappa shape index (κ3) is 9.83. The maximum atomic E-state index is 12.7. The zero-order valence-corrected chi connectivity index (χ0v) is 29.1. The fourth-order valence-electron chi connectivity index (χ4n) is 4.45. The summed E-state index contributed by atoms with van der Waals surface area (Å²) in [5, 5.41) is 0. The standard InChI is InChI=1S/C43H36O9/c1-8-25-48-40-36(32-16-14-30(15-17-32)31-18-22-34(23-19-31)50-43(47)28(6)7)26-37(51-38(44)9-2)35(41(40)52-39(45)10-3)24-13-29-11-20-33(21-12-29)49-42(46)27(4)5/h9-12,14-23,26H,2-4,6,8,25H2,1,5,7H3. The molecule has 0 aliphatic heterocycles. The van der Waals surface area contributed by atoms with E-state index in [-0.39, 0.29) is 35.0 Å². The average Bonchev–Trinajstić information content (AvgIpc) is 3.14. The first-order chi connectivity index (χ1) is 24.9. The van der Waals surface area contributed by atoms with E-state index in [1.807, 2.05) is 43.3 Å². The third-order valence-electron chi connectivity index (χ3n) is 7.08. The number of carbonyl (C=O) groups is 4. The van der Waals surface area contributed by atoms with Crippen LogP contribution in [-0.2, 0) is 19.2 Å². The molecule has 0 aliphatic rings. The SMILES string of the molecule is C=CC(=O)Oc1cc(-c2ccc(-c3ccc(OC(=O)C(=C)C)cc3)cc2)c(OCCC)c(OC(=O)C=C)c1C#Cc1ccc(OC(=O)C(=C)C)cc1. The number of benzene rings is 4. The smallest absolute Gasteiger partial charge is 0.338 e. The van der Waals surface area contributed by atoms with Crippen molar-refractivity contribution in [2.24, 2.45) is 0 Å². The molecule has 0 bridgehead atoms. The number of hydrogen-bond acceptors (Lipinski definition) is 9. The van der Waals surface area contributed by atoms with Crippen LogP contribution in [0.5, 0.6) is 28.7 Å². The molecule has 4 aromatic carbocycles. The Hall–Kier alpha value is -6.92. The predicted octanol–water partition coefficient (Wildman–Crippen LogP) is 8.36. The largest absolute Gasteiger partial charge is 0.489 e. The lowest BCUT2D eigenvalue weighted by molar-refractivity contribution is -0.130. The average molecular weight is 697 g/mol. The summed E-state index contributed by atoms with van der Waals surface area (Å²) >= 11 is 0. The summed E-state index contributed by atoms with van der Waals surface area (Å²) in [7, 11) is 0. The zero-order chi connectivity index (χ0) is 37.8. The highest BCUT2D eigenvalue weighted by Crippen LogP contribution is 2.46. The monoisotopic (exact) mass is 696 g/mol. The molecule has 0 fully saturated rings. The molecule has 4 rings (SSSR count). The van der Waals surface area contributed by atoms with Gasteiger partial charge < -0.3 is 23.7 Å². The number of rotatable bonds is 13. The highest BCUT2D eigenvalue weighted by molar-refractivity contribution is 5.91. The van der Waals surface area contributed by atoms with Gasteiger partial charge in [0.25, 0.3) is 0 Å². The van der Waals surface area contributed by atoms with Gasteiger partial charge in [0.05, 0.1) is 6.61 Å². The molecule has 0 aliphatic carbocycles. The van der Waals surface area contributed by atoms with Gasteiger partial charge in [-0.25, -0.2) is 19.2 Å². The van der Waals surface area contributed by atoms with Crippen molar-refractivity contribution >= 4 is 23.9 Å². The Morgan fingerprint density at radius 2 is 1.12 bits per heavy atom. The van der Waals surface area contributed by atoms with Crippen molar-refractivity contribution in [1.82, 2.24) is 0 Å². The summed E-state index contributed by atoms with van der Waals surface area (Å²) in [6.45, 7) is 19.5. The van der Waals surface area contributed by atoms with Gasteiger partial charge in [0.15, 0.2) is 17.2 Å². The summed E-state index contributed by atoms with van der Waals surface area (Å²) in [4.78, 5) is 49.1. The van der Waals surface area contributed by atoms with Crippen molar-refractivity contribution in [1.29, 1.82) is 0 Å². The summed E-state index contributed by atoms with van der Waals surface area (Å²) < 4.78 is 28.2. The van der Waals surface area contributed by atoms with E-state index in [1.165, 1.54) is 0 Å². The molecule has 9 nitrogen and oxygen atoms in total. The molecule has 262 valence electrons. The third-order valence-corrected chi connectivity index (χ3v) is 7.08. The van der Waals surface area contributed by atoms with Crippen molar-refractivity contribution in [3.63, 3.8) is 0 Å². The van der Waals surface area contributed by atoms with Crippen LogP contribution >= 0.6 is 0 Å². The van der Waals surface area contributed by atoms with Gasteiger partial charge >= 0.3 is 23.9 Å². The molecule has 0 heterocycles. The van der Waals surface area contributed by atoms with Gasteiger partial charge in [-0.3, -0.25) is 0 Å². The molecule has 0 saturated carbocycles. The maximum Gasteiger partial charge on any atom is 0.338 e. The lowest BCUT2D eigenvalue weighted by Gasteiger charge is -2.19. The lowest BCUT2D eigenvalue weighted by atomic mass is 9.97. The van der Waals surface area contributed by atoms with E-state index < -0.39 is 23.9 Å². The van der Waals surface area contributed by atoms with Crippen LogP contribution < -0.4 is 23.7 Å². The van der Waals surface area contributed by atoms with Gasteiger partial charge in [-0.15, -0.1) is 0 Å². The van der Waals surface area contributed by atoms with Crippen molar-refractivity contribution in [3.05, 3.63) is 140 Å². The van der Waals surface area contributed by atoms with E-state index in [0.29, 0.717) is 40.2 Å². The molecule has 0 atom stereocenters. The topological polar surface area (TPSA) is 114 Å². The quantitative estimate of drug-likeness (QED) is 0.0589. The highest BCUT2D eigenvalue weighted by Gasteiger charge is 2.25. The second kappa shape index (κ2) is 17.7. The summed E-state index contributed by atoms with van der Waals surface area (Å²) in [6, 6.07) is 22.4. The van der Waals surface area contributed by atoms with Gasteiger partial charge in [-0.1, -0.05) is 81.5 Å².